The normalized spacial score (nSPS) is 23.2. The number of benzene rings is 1. The molecule has 1 aromatic carbocycles. The molecule has 3 N–H and O–H groups in total. The Morgan fingerprint density at radius 1 is 1.44 bits per heavy atom. The van der Waals surface area contributed by atoms with Crippen LogP contribution in [0.5, 0.6) is 0 Å². The Bertz CT molecular complexity index is 502. The molecule has 0 saturated carbocycles. The first-order chi connectivity index (χ1) is 7.46. The van der Waals surface area contributed by atoms with Gasteiger partial charge in [-0.25, -0.2) is 8.42 Å². The second kappa shape index (κ2) is 4.40. The average Bonchev–Trinajstić information content (AvgIpc) is 2.51. The van der Waals surface area contributed by atoms with E-state index >= 15 is 0 Å². The van der Waals surface area contributed by atoms with Gasteiger partial charge >= 0.3 is 0 Å². The Balaban J connectivity index is 2.11. The van der Waals surface area contributed by atoms with Crippen LogP contribution in [-0.2, 0) is 9.84 Å². The van der Waals surface area contributed by atoms with Crippen molar-refractivity contribution in [2.75, 3.05) is 22.6 Å². The van der Waals surface area contributed by atoms with Crippen molar-refractivity contribution in [1.29, 1.82) is 0 Å². The standard InChI is InChI=1S/C10H13IN2O2S/c11-9-5-7(12)1-2-10(9)13-8-3-4-16(14,15)6-8/h1-2,5,8,13H,3-4,6,12H2. The molecule has 2 rings (SSSR count). The molecule has 88 valence electrons. The number of anilines is 2. The summed E-state index contributed by atoms with van der Waals surface area (Å²) < 4.78 is 23.6. The topological polar surface area (TPSA) is 72.2 Å². The summed E-state index contributed by atoms with van der Waals surface area (Å²) in [5.41, 5.74) is 7.32. The fraction of sp³-hybridized carbons (Fsp3) is 0.400. The summed E-state index contributed by atoms with van der Waals surface area (Å²) in [4.78, 5) is 0. The Morgan fingerprint density at radius 2 is 2.19 bits per heavy atom. The lowest BCUT2D eigenvalue weighted by Crippen LogP contribution is -2.21. The van der Waals surface area contributed by atoms with Crippen LogP contribution in [-0.4, -0.2) is 26.0 Å². The van der Waals surface area contributed by atoms with Crippen LogP contribution in [0.25, 0.3) is 0 Å². The SMILES string of the molecule is Nc1ccc(NC2CCS(=O)(=O)C2)c(I)c1. The van der Waals surface area contributed by atoms with E-state index in [1.165, 1.54) is 0 Å². The molecule has 4 nitrogen and oxygen atoms in total. The van der Waals surface area contributed by atoms with Crippen molar-refractivity contribution in [2.24, 2.45) is 0 Å². The molecular formula is C10H13IN2O2S. The van der Waals surface area contributed by atoms with Crippen molar-refractivity contribution >= 4 is 43.8 Å². The van der Waals surface area contributed by atoms with Crippen molar-refractivity contribution < 1.29 is 8.42 Å². The molecule has 6 heteroatoms. The van der Waals surface area contributed by atoms with Crippen molar-refractivity contribution in [2.45, 2.75) is 12.5 Å². The van der Waals surface area contributed by atoms with E-state index in [-0.39, 0.29) is 17.5 Å². The maximum Gasteiger partial charge on any atom is 0.152 e. The number of nitrogens with two attached hydrogens (primary N) is 1. The third-order valence-electron chi connectivity index (χ3n) is 2.59. The average molecular weight is 352 g/mol. The molecule has 0 bridgehead atoms. The molecule has 1 aliphatic rings. The number of sulfone groups is 1. The molecule has 0 aromatic heterocycles. The van der Waals surface area contributed by atoms with Gasteiger partial charge in [0.15, 0.2) is 9.84 Å². The van der Waals surface area contributed by atoms with E-state index in [9.17, 15) is 8.42 Å². The molecule has 1 heterocycles. The van der Waals surface area contributed by atoms with Crippen molar-refractivity contribution in [3.05, 3.63) is 21.8 Å². The highest BCUT2D eigenvalue weighted by atomic mass is 127. The van der Waals surface area contributed by atoms with E-state index in [0.29, 0.717) is 12.1 Å². The van der Waals surface area contributed by atoms with Crippen molar-refractivity contribution in [1.82, 2.24) is 0 Å². The second-order valence-electron chi connectivity index (χ2n) is 3.98. The molecule has 1 atom stereocenters. The van der Waals surface area contributed by atoms with Crippen LogP contribution < -0.4 is 11.1 Å². The van der Waals surface area contributed by atoms with E-state index in [1.54, 1.807) is 0 Å². The van der Waals surface area contributed by atoms with Crippen LogP contribution in [0, 0.1) is 3.57 Å². The third kappa shape index (κ3) is 2.79. The number of nitrogen functional groups attached to an aromatic ring is 1. The van der Waals surface area contributed by atoms with Gasteiger partial charge in [0, 0.05) is 21.0 Å². The number of nitrogens with one attached hydrogen (secondary N) is 1. The molecule has 0 amide bonds. The first-order valence-electron chi connectivity index (χ1n) is 4.98. The van der Waals surface area contributed by atoms with Gasteiger partial charge in [-0.1, -0.05) is 0 Å². The minimum Gasteiger partial charge on any atom is -0.399 e. The lowest BCUT2D eigenvalue weighted by molar-refractivity contribution is 0.602. The number of halogens is 1. The fourth-order valence-electron chi connectivity index (χ4n) is 1.78. The molecule has 0 spiro atoms. The first-order valence-corrected chi connectivity index (χ1v) is 7.88. The van der Waals surface area contributed by atoms with Gasteiger partial charge < -0.3 is 11.1 Å². The number of hydrogen-bond acceptors (Lipinski definition) is 4. The molecule has 1 fully saturated rings. The molecular weight excluding hydrogens is 339 g/mol. The predicted octanol–water partition coefficient (Wildman–Crippen LogP) is 1.47. The molecule has 1 unspecified atom stereocenters. The molecule has 1 aromatic rings. The molecule has 0 radical (unpaired) electrons. The van der Waals surface area contributed by atoms with Crippen LogP contribution in [0.15, 0.2) is 18.2 Å². The summed E-state index contributed by atoms with van der Waals surface area (Å²) in [5, 5.41) is 3.25. The van der Waals surface area contributed by atoms with E-state index in [2.05, 4.69) is 27.9 Å². The van der Waals surface area contributed by atoms with Gasteiger partial charge in [-0.05, 0) is 47.2 Å². The molecule has 16 heavy (non-hydrogen) atoms. The summed E-state index contributed by atoms with van der Waals surface area (Å²) in [6.07, 6.45) is 0.683. The summed E-state index contributed by atoms with van der Waals surface area (Å²) in [5.74, 6) is 0.518. The van der Waals surface area contributed by atoms with Gasteiger partial charge in [0.1, 0.15) is 0 Å². The number of rotatable bonds is 2. The van der Waals surface area contributed by atoms with Gasteiger partial charge in [-0.2, -0.15) is 0 Å². The summed E-state index contributed by atoms with van der Waals surface area (Å²) in [7, 11) is -2.83. The van der Waals surface area contributed by atoms with Gasteiger partial charge in [-0.15, -0.1) is 0 Å². The van der Waals surface area contributed by atoms with E-state index in [4.69, 9.17) is 5.73 Å². The van der Waals surface area contributed by atoms with Crippen LogP contribution >= 0.6 is 22.6 Å². The van der Waals surface area contributed by atoms with E-state index in [1.807, 2.05) is 18.2 Å². The Kier molecular flexibility index (Phi) is 3.29. The van der Waals surface area contributed by atoms with E-state index < -0.39 is 9.84 Å². The second-order valence-corrected chi connectivity index (χ2v) is 7.37. The smallest absolute Gasteiger partial charge is 0.152 e. The highest BCUT2D eigenvalue weighted by Gasteiger charge is 2.27. The summed E-state index contributed by atoms with van der Waals surface area (Å²) in [6.45, 7) is 0. The van der Waals surface area contributed by atoms with Crippen LogP contribution in [0.1, 0.15) is 6.42 Å². The van der Waals surface area contributed by atoms with Crippen LogP contribution in [0.2, 0.25) is 0 Å². The van der Waals surface area contributed by atoms with Gasteiger partial charge in [-0.3, -0.25) is 0 Å². The molecule has 1 aliphatic heterocycles. The minimum atomic E-state index is -2.83. The quantitative estimate of drug-likeness (QED) is 0.625. The first kappa shape index (κ1) is 12.0. The largest absolute Gasteiger partial charge is 0.399 e. The number of hydrogen-bond donors (Lipinski definition) is 2. The zero-order valence-corrected chi connectivity index (χ0v) is 11.6. The maximum absolute atomic E-state index is 11.3. The highest BCUT2D eigenvalue weighted by molar-refractivity contribution is 14.1. The van der Waals surface area contributed by atoms with Crippen molar-refractivity contribution in [3.8, 4) is 0 Å². The lowest BCUT2D eigenvalue weighted by atomic mass is 10.2. The van der Waals surface area contributed by atoms with Crippen molar-refractivity contribution in [3.63, 3.8) is 0 Å². The highest BCUT2D eigenvalue weighted by Crippen LogP contribution is 2.24. The zero-order chi connectivity index (χ0) is 11.8. The Labute approximate surface area is 109 Å². The van der Waals surface area contributed by atoms with Crippen LogP contribution in [0.3, 0.4) is 0 Å². The summed E-state index contributed by atoms with van der Waals surface area (Å²) in [6, 6.07) is 5.60. The van der Waals surface area contributed by atoms with Gasteiger partial charge in [0.25, 0.3) is 0 Å². The fourth-order valence-corrected chi connectivity index (χ4v) is 4.15. The monoisotopic (exact) mass is 352 g/mol. The van der Waals surface area contributed by atoms with Gasteiger partial charge in [0.05, 0.1) is 11.5 Å². The predicted molar refractivity (Wildman–Crippen MR) is 74.3 cm³/mol. The van der Waals surface area contributed by atoms with Crippen LogP contribution in [0.4, 0.5) is 11.4 Å². The maximum atomic E-state index is 11.3. The Hall–Kier alpha value is -0.500. The summed E-state index contributed by atoms with van der Waals surface area (Å²) >= 11 is 2.19. The third-order valence-corrected chi connectivity index (χ3v) is 5.25. The zero-order valence-electron chi connectivity index (χ0n) is 8.61. The lowest BCUT2D eigenvalue weighted by Gasteiger charge is -2.14. The molecule has 1 saturated heterocycles. The molecule has 0 aliphatic carbocycles. The van der Waals surface area contributed by atoms with Gasteiger partial charge in [0.2, 0.25) is 0 Å². The Morgan fingerprint density at radius 3 is 2.75 bits per heavy atom. The minimum absolute atomic E-state index is 0.0298. The van der Waals surface area contributed by atoms with E-state index in [0.717, 1.165) is 9.26 Å².